The van der Waals surface area contributed by atoms with E-state index in [1.165, 1.54) is 11.1 Å². The summed E-state index contributed by atoms with van der Waals surface area (Å²) in [6.45, 7) is 7.66. The number of aliphatic carboxylic acids is 1. The second-order valence-electron chi connectivity index (χ2n) is 4.44. The van der Waals surface area contributed by atoms with E-state index in [4.69, 9.17) is 5.11 Å². The molecule has 2 unspecified atom stereocenters. The molecule has 0 radical (unpaired) electrons. The lowest BCUT2D eigenvalue weighted by molar-refractivity contribution is -0.141. The van der Waals surface area contributed by atoms with Crippen LogP contribution in [-0.2, 0) is 4.79 Å². The fourth-order valence-electron chi connectivity index (χ4n) is 1.66. The molecule has 16 heavy (non-hydrogen) atoms. The first-order valence-corrected chi connectivity index (χ1v) is 5.48. The van der Waals surface area contributed by atoms with Gasteiger partial charge in [-0.2, -0.15) is 0 Å². The number of carbonyl (C=O) groups is 1. The average molecular weight is 221 g/mol. The van der Waals surface area contributed by atoms with Gasteiger partial charge in [0.25, 0.3) is 0 Å². The Kier molecular flexibility index (Phi) is 3.93. The van der Waals surface area contributed by atoms with Gasteiger partial charge in [0.15, 0.2) is 0 Å². The van der Waals surface area contributed by atoms with Gasteiger partial charge >= 0.3 is 5.97 Å². The molecule has 0 aliphatic rings. The number of aryl methyl sites for hydroxylation is 2. The van der Waals surface area contributed by atoms with E-state index in [1.807, 2.05) is 32.9 Å². The van der Waals surface area contributed by atoms with E-state index in [1.54, 1.807) is 6.92 Å². The van der Waals surface area contributed by atoms with Crippen LogP contribution in [0.4, 0.5) is 5.69 Å². The topological polar surface area (TPSA) is 49.3 Å². The summed E-state index contributed by atoms with van der Waals surface area (Å²) in [5.74, 6) is -1.18. The Hall–Kier alpha value is -1.51. The molecule has 0 aliphatic heterocycles. The van der Waals surface area contributed by atoms with Crippen LogP contribution in [0.15, 0.2) is 18.2 Å². The van der Waals surface area contributed by atoms with E-state index in [0.717, 1.165) is 5.69 Å². The first-order chi connectivity index (χ1) is 7.40. The molecule has 2 N–H and O–H groups in total. The summed E-state index contributed by atoms with van der Waals surface area (Å²) in [6, 6.07) is 6.06. The van der Waals surface area contributed by atoms with E-state index in [0.29, 0.717) is 0 Å². The molecule has 2 atom stereocenters. The summed E-state index contributed by atoms with van der Waals surface area (Å²) < 4.78 is 0. The van der Waals surface area contributed by atoms with Crippen molar-refractivity contribution in [1.29, 1.82) is 0 Å². The van der Waals surface area contributed by atoms with Crippen LogP contribution < -0.4 is 5.32 Å². The zero-order chi connectivity index (χ0) is 12.3. The smallest absolute Gasteiger partial charge is 0.308 e. The molecular weight excluding hydrogens is 202 g/mol. The molecule has 1 aromatic rings. The fourth-order valence-corrected chi connectivity index (χ4v) is 1.66. The fraction of sp³-hybridized carbons (Fsp3) is 0.462. The normalized spacial score (nSPS) is 14.2. The maximum atomic E-state index is 10.8. The molecule has 0 aromatic heterocycles. The van der Waals surface area contributed by atoms with Gasteiger partial charge < -0.3 is 10.4 Å². The Labute approximate surface area is 96.5 Å². The molecule has 3 heteroatoms. The van der Waals surface area contributed by atoms with Gasteiger partial charge in [-0.3, -0.25) is 4.79 Å². The number of benzene rings is 1. The summed E-state index contributed by atoms with van der Waals surface area (Å²) in [6.07, 6.45) is 0. The van der Waals surface area contributed by atoms with Crippen molar-refractivity contribution >= 4 is 11.7 Å². The molecular formula is C13H19NO2. The molecule has 3 nitrogen and oxygen atoms in total. The van der Waals surface area contributed by atoms with Crippen molar-refractivity contribution in [3.63, 3.8) is 0 Å². The average Bonchev–Trinajstić information content (AvgIpc) is 2.14. The Morgan fingerprint density at radius 1 is 1.19 bits per heavy atom. The van der Waals surface area contributed by atoms with Crippen LogP contribution in [0.3, 0.4) is 0 Å². The zero-order valence-corrected chi connectivity index (χ0v) is 10.2. The number of hydrogen-bond acceptors (Lipinski definition) is 2. The minimum atomic E-state index is -0.774. The summed E-state index contributed by atoms with van der Waals surface area (Å²) in [5, 5.41) is 12.1. The molecule has 0 saturated carbocycles. The molecule has 0 heterocycles. The number of hydrogen-bond donors (Lipinski definition) is 2. The van der Waals surface area contributed by atoms with Crippen molar-refractivity contribution in [3.8, 4) is 0 Å². The Morgan fingerprint density at radius 3 is 2.12 bits per heavy atom. The van der Waals surface area contributed by atoms with E-state index in [2.05, 4.69) is 11.4 Å². The van der Waals surface area contributed by atoms with Crippen LogP contribution >= 0.6 is 0 Å². The lowest BCUT2D eigenvalue weighted by Gasteiger charge is -2.19. The third-order valence-electron chi connectivity index (χ3n) is 2.76. The Morgan fingerprint density at radius 2 is 1.69 bits per heavy atom. The molecule has 0 bridgehead atoms. The van der Waals surface area contributed by atoms with E-state index in [-0.39, 0.29) is 6.04 Å². The van der Waals surface area contributed by atoms with E-state index < -0.39 is 11.9 Å². The van der Waals surface area contributed by atoms with Crippen molar-refractivity contribution in [1.82, 2.24) is 0 Å². The third-order valence-corrected chi connectivity index (χ3v) is 2.76. The summed E-state index contributed by atoms with van der Waals surface area (Å²) in [4.78, 5) is 10.8. The molecule has 0 aliphatic carbocycles. The van der Waals surface area contributed by atoms with Crippen LogP contribution in [0, 0.1) is 19.8 Å². The summed E-state index contributed by atoms with van der Waals surface area (Å²) in [7, 11) is 0. The maximum absolute atomic E-state index is 10.8. The van der Waals surface area contributed by atoms with Gasteiger partial charge in [-0.15, -0.1) is 0 Å². The van der Waals surface area contributed by atoms with Gasteiger partial charge in [-0.1, -0.05) is 6.07 Å². The minimum Gasteiger partial charge on any atom is -0.481 e. The van der Waals surface area contributed by atoms with Crippen molar-refractivity contribution in [2.45, 2.75) is 33.7 Å². The Balaban J connectivity index is 2.76. The minimum absolute atomic E-state index is 0.0845. The third kappa shape index (κ3) is 3.26. The highest BCUT2D eigenvalue weighted by Crippen LogP contribution is 2.17. The number of anilines is 1. The van der Waals surface area contributed by atoms with Gasteiger partial charge in [0, 0.05) is 11.7 Å². The lowest BCUT2D eigenvalue weighted by Crippen LogP contribution is -2.29. The van der Waals surface area contributed by atoms with Gasteiger partial charge in [-0.25, -0.2) is 0 Å². The summed E-state index contributed by atoms with van der Waals surface area (Å²) >= 11 is 0. The summed E-state index contributed by atoms with van der Waals surface area (Å²) in [5.41, 5.74) is 3.34. The van der Waals surface area contributed by atoms with Crippen molar-refractivity contribution in [2.24, 2.45) is 5.92 Å². The zero-order valence-electron chi connectivity index (χ0n) is 10.2. The molecule has 0 saturated heterocycles. The molecule has 1 aromatic carbocycles. The Bertz CT molecular complexity index is 367. The highest BCUT2D eigenvalue weighted by molar-refractivity contribution is 5.71. The number of carboxylic acids is 1. The predicted molar refractivity (Wildman–Crippen MR) is 65.8 cm³/mol. The monoisotopic (exact) mass is 221 g/mol. The van der Waals surface area contributed by atoms with Gasteiger partial charge in [0.1, 0.15) is 0 Å². The maximum Gasteiger partial charge on any atom is 0.308 e. The molecule has 0 amide bonds. The standard InChI is InChI=1S/C13H19NO2/c1-8-5-9(2)7-12(6-8)14-11(4)10(3)13(15)16/h5-7,10-11,14H,1-4H3,(H,15,16). The lowest BCUT2D eigenvalue weighted by atomic mass is 10.0. The number of carboxylic acid groups (broad SMARTS) is 1. The molecule has 88 valence electrons. The predicted octanol–water partition coefficient (Wildman–Crippen LogP) is 2.82. The number of nitrogens with one attached hydrogen (secondary N) is 1. The van der Waals surface area contributed by atoms with Gasteiger partial charge in [-0.05, 0) is 51.0 Å². The van der Waals surface area contributed by atoms with Crippen LogP contribution in [0.1, 0.15) is 25.0 Å². The first kappa shape index (κ1) is 12.6. The largest absolute Gasteiger partial charge is 0.481 e. The molecule has 0 spiro atoms. The van der Waals surface area contributed by atoms with Crippen LogP contribution in [-0.4, -0.2) is 17.1 Å². The quantitative estimate of drug-likeness (QED) is 0.822. The first-order valence-electron chi connectivity index (χ1n) is 5.48. The van der Waals surface area contributed by atoms with Gasteiger partial charge in [0.2, 0.25) is 0 Å². The van der Waals surface area contributed by atoms with E-state index in [9.17, 15) is 4.79 Å². The van der Waals surface area contributed by atoms with Crippen LogP contribution in [0.2, 0.25) is 0 Å². The van der Waals surface area contributed by atoms with Crippen LogP contribution in [0.25, 0.3) is 0 Å². The second kappa shape index (κ2) is 5.01. The molecule has 0 fully saturated rings. The van der Waals surface area contributed by atoms with Crippen molar-refractivity contribution in [2.75, 3.05) is 5.32 Å². The van der Waals surface area contributed by atoms with Crippen LogP contribution in [0.5, 0.6) is 0 Å². The highest BCUT2D eigenvalue weighted by Gasteiger charge is 2.18. The van der Waals surface area contributed by atoms with Gasteiger partial charge in [0.05, 0.1) is 5.92 Å². The molecule has 1 rings (SSSR count). The second-order valence-corrected chi connectivity index (χ2v) is 4.44. The number of rotatable bonds is 4. The highest BCUT2D eigenvalue weighted by atomic mass is 16.4. The van der Waals surface area contributed by atoms with E-state index >= 15 is 0 Å². The van der Waals surface area contributed by atoms with Crippen molar-refractivity contribution in [3.05, 3.63) is 29.3 Å². The SMILES string of the molecule is Cc1cc(C)cc(NC(C)C(C)C(=O)O)c1. The van der Waals surface area contributed by atoms with Crippen molar-refractivity contribution < 1.29 is 9.90 Å².